The van der Waals surface area contributed by atoms with Gasteiger partial charge in [-0.3, -0.25) is 4.79 Å². The number of likely N-dealkylation sites (tertiary alicyclic amines) is 1. The van der Waals surface area contributed by atoms with Crippen molar-refractivity contribution >= 4 is 12.0 Å². The van der Waals surface area contributed by atoms with Gasteiger partial charge in [-0.05, 0) is 25.3 Å². The lowest BCUT2D eigenvalue weighted by Crippen LogP contribution is -2.32. The van der Waals surface area contributed by atoms with Crippen LogP contribution in [0.5, 0.6) is 0 Å². The first-order valence-corrected chi connectivity index (χ1v) is 5.77. The van der Waals surface area contributed by atoms with Gasteiger partial charge in [0.05, 0.1) is 12.6 Å². The number of hydrogen-bond acceptors (Lipinski definition) is 4. The van der Waals surface area contributed by atoms with Crippen LogP contribution in [0, 0.1) is 0 Å². The van der Waals surface area contributed by atoms with Crippen molar-refractivity contribution in [3.05, 3.63) is 11.6 Å². The van der Waals surface area contributed by atoms with Crippen molar-refractivity contribution in [2.45, 2.75) is 25.8 Å². The molecule has 0 aromatic rings. The molecule has 1 saturated heterocycles. The lowest BCUT2D eigenvalue weighted by Gasteiger charge is -2.18. The molecule has 2 rings (SSSR count). The first-order valence-electron chi connectivity index (χ1n) is 5.77. The van der Waals surface area contributed by atoms with Gasteiger partial charge in [0.1, 0.15) is 0 Å². The molecule has 6 heteroatoms. The Labute approximate surface area is 99.3 Å². The second-order valence-electron chi connectivity index (χ2n) is 4.01. The zero-order chi connectivity index (χ0) is 12.3. The monoisotopic (exact) mass is 237 g/mol. The van der Waals surface area contributed by atoms with Crippen molar-refractivity contribution in [2.24, 2.45) is 10.2 Å². The molecule has 0 aliphatic carbocycles. The average Bonchev–Trinajstić information content (AvgIpc) is 2.51. The van der Waals surface area contributed by atoms with Crippen LogP contribution in [0.4, 0.5) is 4.79 Å². The minimum Gasteiger partial charge on any atom is -0.450 e. The number of nitrogens with zero attached hydrogens (tertiary/aromatic N) is 3. The molecule has 0 N–H and O–H groups in total. The highest BCUT2D eigenvalue weighted by Gasteiger charge is 2.26. The molecule has 1 atom stereocenters. The minimum absolute atomic E-state index is 0.0490. The molecule has 0 saturated carbocycles. The fourth-order valence-electron chi connectivity index (χ4n) is 2.02. The Morgan fingerprint density at radius 1 is 1.59 bits per heavy atom. The number of azo groups is 1. The van der Waals surface area contributed by atoms with Gasteiger partial charge in [0.25, 0.3) is 5.91 Å². The summed E-state index contributed by atoms with van der Waals surface area (Å²) in [5, 5.41) is 7.50. The Kier molecular flexibility index (Phi) is 3.51. The SMILES string of the molecule is CCOC(=O)N1CCC2=CC(=O)N=NC2CC1. The molecule has 2 aliphatic rings. The number of carbonyl (C=O) groups is 2. The van der Waals surface area contributed by atoms with E-state index in [4.69, 9.17) is 4.74 Å². The fraction of sp³-hybridized carbons (Fsp3) is 0.636. The maximum absolute atomic E-state index is 11.6. The van der Waals surface area contributed by atoms with E-state index in [1.54, 1.807) is 11.8 Å². The minimum atomic E-state index is -0.305. The Morgan fingerprint density at radius 2 is 2.41 bits per heavy atom. The van der Waals surface area contributed by atoms with Crippen molar-refractivity contribution < 1.29 is 14.3 Å². The Morgan fingerprint density at radius 3 is 3.18 bits per heavy atom. The maximum Gasteiger partial charge on any atom is 0.409 e. The third-order valence-electron chi connectivity index (χ3n) is 2.90. The average molecular weight is 237 g/mol. The van der Waals surface area contributed by atoms with Crippen LogP contribution in [0.15, 0.2) is 21.9 Å². The molecule has 17 heavy (non-hydrogen) atoms. The topological polar surface area (TPSA) is 71.3 Å². The molecule has 2 aliphatic heterocycles. The van der Waals surface area contributed by atoms with Gasteiger partial charge in [-0.2, -0.15) is 5.11 Å². The molecule has 0 radical (unpaired) electrons. The Hall–Kier alpha value is -1.72. The van der Waals surface area contributed by atoms with Gasteiger partial charge < -0.3 is 9.64 Å². The smallest absolute Gasteiger partial charge is 0.409 e. The molecular formula is C11H15N3O3. The molecule has 92 valence electrons. The third-order valence-corrected chi connectivity index (χ3v) is 2.90. The van der Waals surface area contributed by atoms with E-state index in [0.29, 0.717) is 32.5 Å². The predicted octanol–water partition coefficient (Wildman–Crippen LogP) is 1.53. The first-order chi connectivity index (χ1) is 8.20. The zero-order valence-corrected chi connectivity index (χ0v) is 9.76. The summed E-state index contributed by atoms with van der Waals surface area (Å²) in [5.41, 5.74) is 0.969. The summed E-state index contributed by atoms with van der Waals surface area (Å²) in [6.45, 7) is 3.32. The summed E-state index contributed by atoms with van der Waals surface area (Å²) in [6.07, 6.45) is 2.59. The molecular weight excluding hydrogens is 222 g/mol. The quantitative estimate of drug-likeness (QED) is 0.694. The van der Waals surface area contributed by atoms with Crippen molar-refractivity contribution in [1.82, 2.24) is 4.90 Å². The highest BCUT2D eigenvalue weighted by Crippen LogP contribution is 2.23. The first kappa shape index (κ1) is 11.8. The number of rotatable bonds is 1. The van der Waals surface area contributed by atoms with Crippen LogP contribution in [0.1, 0.15) is 19.8 Å². The maximum atomic E-state index is 11.6. The van der Waals surface area contributed by atoms with Gasteiger partial charge >= 0.3 is 6.09 Å². The van der Waals surface area contributed by atoms with Gasteiger partial charge in [-0.1, -0.05) is 0 Å². The second-order valence-corrected chi connectivity index (χ2v) is 4.01. The van der Waals surface area contributed by atoms with E-state index in [9.17, 15) is 9.59 Å². The van der Waals surface area contributed by atoms with E-state index < -0.39 is 0 Å². The molecule has 2 heterocycles. The lowest BCUT2D eigenvalue weighted by atomic mass is 10.0. The number of carbonyl (C=O) groups excluding carboxylic acids is 2. The van der Waals surface area contributed by atoms with Gasteiger partial charge in [-0.25, -0.2) is 4.79 Å². The third kappa shape index (κ3) is 2.69. The lowest BCUT2D eigenvalue weighted by molar-refractivity contribution is -0.114. The summed E-state index contributed by atoms with van der Waals surface area (Å²) in [4.78, 5) is 24.3. The van der Waals surface area contributed by atoms with Crippen LogP contribution < -0.4 is 0 Å². The van der Waals surface area contributed by atoms with Crippen LogP contribution in [0.2, 0.25) is 0 Å². The molecule has 0 aromatic heterocycles. The normalized spacial score (nSPS) is 23.8. The van der Waals surface area contributed by atoms with Crippen LogP contribution in [0.3, 0.4) is 0 Å². The van der Waals surface area contributed by atoms with Crippen molar-refractivity contribution in [3.8, 4) is 0 Å². The van der Waals surface area contributed by atoms with E-state index in [-0.39, 0.29) is 18.0 Å². The molecule has 0 aromatic carbocycles. The molecule has 1 unspecified atom stereocenters. The highest BCUT2D eigenvalue weighted by atomic mass is 16.6. The van der Waals surface area contributed by atoms with Gasteiger partial charge in [0.2, 0.25) is 0 Å². The van der Waals surface area contributed by atoms with Crippen LogP contribution in [-0.2, 0) is 9.53 Å². The highest BCUT2D eigenvalue weighted by molar-refractivity contribution is 5.89. The fourth-order valence-corrected chi connectivity index (χ4v) is 2.02. The summed E-state index contributed by atoms with van der Waals surface area (Å²) < 4.78 is 4.96. The summed E-state index contributed by atoms with van der Waals surface area (Å²) in [7, 11) is 0. The van der Waals surface area contributed by atoms with E-state index >= 15 is 0 Å². The van der Waals surface area contributed by atoms with E-state index in [2.05, 4.69) is 10.2 Å². The number of fused-ring (bicyclic) bond motifs is 1. The molecule has 6 nitrogen and oxygen atoms in total. The van der Waals surface area contributed by atoms with Crippen LogP contribution in [0.25, 0.3) is 0 Å². The van der Waals surface area contributed by atoms with Gasteiger partial charge in [-0.15, -0.1) is 5.11 Å². The van der Waals surface area contributed by atoms with E-state index in [1.807, 2.05) is 0 Å². The zero-order valence-electron chi connectivity index (χ0n) is 9.76. The Balaban J connectivity index is 2.02. The second kappa shape index (κ2) is 5.07. The van der Waals surface area contributed by atoms with Gasteiger partial charge in [0.15, 0.2) is 0 Å². The summed E-state index contributed by atoms with van der Waals surface area (Å²) in [5.74, 6) is -0.305. The molecule has 0 bridgehead atoms. The number of hydrogen-bond donors (Lipinski definition) is 0. The summed E-state index contributed by atoms with van der Waals surface area (Å²) in [6, 6.07) is -0.0490. The Bertz CT molecular complexity index is 389. The van der Waals surface area contributed by atoms with Crippen LogP contribution in [-0.4, -0.2) is 42.6 Å². The molecule has 2 amide bonds. The number of ether oxygens (including phenoxy) is 1. The van der Waals surface area contributed by atoms with Crippen molar-refractivity contribution in [1.29, 1.82) is 0 Å². The predicted molar refractivity (Wildman–Crippen MR) is 59.6 cm³/mol. The van der Waals surface area contributed by atoms with E-state index in [0.717, 1.165) is 5.57 Å². The number of amides is 2. The van der Waals surface area contributed by atoms with Crippen LogP contribution >= 0.6 is 0 Å². The van der Waals surface area contributed by atoms with Crippen molar-refractivity contribution in [2.75, 3.05) is 19.7 Å². The largest absolute Gasteiger partial charge is 0.450 e. The summed E-state index contributed by atoms with van der Waals surface area (Å²) >= 11 is 0. The van der Waals surface area contributed by atoms with E-state index in [1.165, 1.54) is 6.08 Å². The molecule has 0 spiro atoms. The standard InChI is InChI=1S/C11H15N3O3/c1-2-17-11(16)14-5-3-8-7-10(15)13-12-9(8)4-6-14/h7,9H,2-6H2,1H3. The van der Waals surface area contributed by atoms with Crippen molar-refractivity contribution in [3.63, 3.8) is 0 Å². The van der Waals surface area contributed by atoms with Gasteiger partial charge in [0, 0.05) is 19.2 Å². The molecule has 1 fully saturated rings.